The lowest BCUT2D eigenvalue weighted by Crippen LogP contribution is -3.14. The van der Waals surface area contributed by atoms with Crippen LogP contribution in [0.5, 0.6) is 5.75 Å². The van der Waals surface area contributed by atoms with Gasteiger partial charge in [-0.15, -0.1) is 0 Å². The highest BCUT2D eigenvalue weighted by Gasteiger charge is 2.40. The zero-order valence-electron chi connectivity index (χ0n) is 17.1. The molecular weight excluding hydrogens is 411 g/mol. The Labute approximate surface area is 176 Å². The maximum absolute atomic E-state index is 13.9. The van der Waals surface area contributed by atoms with Gasteiger partial charge in [-0.3, -0.25) is 4.79 Å². The second-order valence-corrected chi connectivity index (χ2v) is 8.03. The maximum atomic E-state index is 13.9. The highest BCUT2D eigenvalue weighted by atomic mass is 19.4. The van der Waals surface area contributed by atoms with Crippen LogP contribution in [0.15, 0.2) is 51.7 Å². The molecule has 3 aromatic rings. The van der Waals surface area contributed by atoms with Crippen LogP contribution in [0, 0.1) is 0 Å². The second-order valence-electron chi connectivity index (χ2n) is 8.03. The van der Waals surface area contributed by atoms with E-state index in [1.54, 1.807) is 18.2 Å². The van der Waals surface area contributed by atoms with Crippen molar-refractivity contribution in [3.8, 4) is 16.9 Å². The minimum atomic E-state index is -4.88. The highest BCUT2D eigenvalue weighted by Crippen LogP contribution is 2.38. The monoisotopic (exact) mass is 434 g/mol. The van der Waals surface area contributed by atoms with Crippen LogP contribution in [-0.2, 0) is 17.5 Å². The van der Waals surface area contributed by atoms with Gasteiger partial charge in [0.2, 0.25) is 11.2 Å². The Hall–Kier alpha value is -2.84. The molecule has 2 heterocycles. The molecule has 1 aliphatic heterocycles. The number of rotatable bonds is 3. The fourth-order valence-electron chi connectivity index (χ4n) is 4.32. The van der Waals surface area contributed by atoms with Gasteiger partial charge in [-0.05, 0) is 31.5 Å². The number of nitrogens with one attached hydrogen (secondary N) is 1. The van der Waals surface area contributed by atoms with Crippen molar-refractivity contribution in [2.24, 2.45) is 0 Å². The van der Waals surface area contributed by atoms with Gasteiger partial charge in [-0.25, -0.2) is 0 Å². The molecule has 0 bridgehead atoms. The number of alkyl halides is 3. The van der Waals surface area contributed by atoms with Gasteiger partial charge in [0, 0.05) is 0 Å². The molecule has 0 amide bonds. The summed E-state index contributed by atoms with van der Waals surface area (Å²) >= 11 is 0. The van der Waals surface area contributed by atoms with Gasteiger partial charge in [-0.1, -0.05) is 30.3 Å². The fraction of sp³-hybridized carbons (Fsp3) is 0.348. The van der Waals surface area contributed by atoms with Crippen molar-refractivity contribution >= 4 is 11.0 Å². The zero-order valence-corrected chi connectivity index (χ0v) is 17.1. The quantitative estimate of drug-likeness (QED) is 0.664. The molecule has 5 nitrogen and oxygen atoms in total. The molecule has 4 rings (SSSR count). The van der Waals surface area contributed by atoms with Crippen molar-refractivity contribution in [1.82, 2.24) is 0 Å². The number of quaternary nitrogens is 1. The van der Waals surface area contributed by atoms with Crippen LogP contribution in [0.3, 0.4) is 0 Å². The highest BCUT2D eigenvalue weighted by molar-refractivity contribution is 5.86. The zero-order chi connectivity index (χ0) is 22.3. The summed E-state index contributed by atoms with van der Waals surface area (Å²) in [5.41, 5.74) is -1.22. The smallest absolute Gasteiger partial charge is 0.450 e. The molecular formula is C23H23F3NO4+. The first-order valence-corrected chi connectivity index (χ1v) is 10.1. The van der Waals surface area contributed by atoms with Crippen molar-refractivity contribution in [3.63, 3.8) is 0 Å². The first-order chi connectivity index (χ1) is 14.6. The number of hydrogen-bond acceptors (Lipinski definition) is 4. The van der Waals surface area contributed by atoms with Crippen LogP contribution < -0.4 is 10.3 Å². The van der Waals surface area contributed by atoms with E-state index < -0.39 is 22.9 Å². The van der Waals surface area contributed by atoms with E-state index in [4.69, 9.17) is 9.15 Å². The van der Waals surface area contributed by atoms with Crippen molar-refractivity contribution in [2.75, 3.05) is 13.1 Å². The Morgan fingerprint density at radius 2 is 1.71 bits per heavy atom. The van der Waals surface area contributed by atoms with Gasteiger partial charge >= 0.3 is 6.18 Å². The fourth-order valence-corrected chi connectivity index (χ4v) is 4.32. The van der Waals surface area contributed by atoms with E-state index in [2.05, 4.69) is 0 Å². The lowest BCUT2D eigenvalue weighted by atomic mass is 10.00. The number of phenolic OH excluding ortho intramolecular Hbond substituents is 1. The van der Waals surface area contributed by atoms with E-state index in [0.717, 1.165) is 4.90 Å². The summed E-state index contributed by atoms with van der Waals surface area (Å²) in [7, 11) is 0. The molecule has 2 aromatic carbocycles. The van der Waals surface area contributed by atoms with E-state index >= 15 is 0 Å². The average Bonchev–Trinajstić information content (AvgIpc) is 2.69. The summed E-state index contributed by atoms with van der Waals surface area (Å²) in [4.78, 5) is 14.2. The minimum absolute atomic E-state index is 0.00779. The molecule has 1 fully saturated rings. The number of phenols is 1. The minimum Gasteiger partial charge on any atom is -0.507 e. The van der Waals surface area contributed by atoms with Crippen molar-refractivity contribution in [1.29, 1.82) is 0 Å². The summed E-state index contributed by atoms with van der Waals surface area (Å²) in [5, 5.41) is 10.5. The molecule has 0 radical (unpaired) electrons. The third-order valence-electron chi connectivity index (χ3n) is 5.50. The number of hydrogen-bond donors (Lipinski definition) is 2. The Morgan fingerprint density at radius 1 is 1.06 bits per heavy atom. The first-order valence-electron chi connectivity index (χ1n) is 10.1. The molecule has 0 spiro atoms. The number of aromatic hydroxyl groups is 1. The average molecular weight is 434 g/mol. The van der Waals surface area contributed by atoms with Crippen molar-refractivity contribution < 1.29 is 32.3 Å². The van der Waals surface area contributed by atoms with Crippen LogP contribution in [0.25, 0.3) is 22.1 Å². The van der Waals surface area contributed by atoms with Gasteiger partial charge < -0.3 is 19.2 Å². The van der Waals surface area contributed by atoms with Gasteiger partial charge in [0.1, 0.15) is 37.6 Å². The van der Waals surface area contributed by atoms with E-state index in [1.165, 1.54) is 24.3 Å². The van der Waals surface area contributed by atoms with E-state index in [1.807, 2.05) is 13.8 Å². The first kappa shape index (κ1) is 21.4. The second kappa shape index (κ2) is 8.01. The van der Waals surface area contributed by atoms with Crippen LogP contribution in [-0.4, -0.2) is 30.4 Å². The molecule has 8 heteroatoms. The van der Waals surface area contributed by atoms with Crippen LogP contribution >= 0.6 is 0 Å². The summed E-state index contributed by atoms with van der Waals surface area (Å²) < 4.78 is 52.8. The number of ether oxygens (including phenoxy) is 1. The van der Waals surface area contributed by atoms with Gasteiger partial charge in [0.05, 0.1) is 16.5 Å². The molecule has 2 N–H and O–H groups in total. The van der Waals surface area contributed by atoms with E-state index in [0.29, 0.717) is 13.1 Å². The van der Waals surface area contributed by atoms with Gasteiger partial charge in [0.25, 0.3) is 0 Å². The van der Waals surface area contributed by atoms with E-state index in [-0.39, 0.29) is 46.6 Å². The third-order valence-corrected chi connectivity index (χ3v) is 5.50. The Bertz CT molecular complexity index is 1150. The molecule has 1 aromatic heterocycles. The predicted octanol–water partition coefficient (Wildman–Crippen LogP) is 3.38. The summed E-state index contributed by atoms with van der Waals surface area (Å²) in [6, 6.07) is 10.3. The van der Waals surface area contributed by atoms with Crippen molar-refractivity contribution in [3.05, 3.63) is 64.0 Å². The van der Waals surface area contributed by atoms with Crippen molar-refractivity contribution in [2.45, 2.75) is 38.8 Å². The normalized spacial score (nSPS) is 22.0. The topological polar surface area (TPSA) is 64.1 Å². The van der Waals surface area contributed by atoms with Gasteiger partial charge in [-0.2, -0.15) is 13.2 Å². The standard InChI is InChI=1S/C23H22F3NO4/c1-13-10-27(11-14(2)30-13)12-17-18(28)9-8-16-20(29)19(15-6-4-3-5-7-15)22(23(24,25)26)31-21(16)17/h3-9,13-14,28H,10-12H2,1-2H3/p+1. The lowest BCUT2D eigenvalue weighted by molar-refractivity contribution is -0.928. The van der Waals surface area contributed by atoms with Crippen LogP contribution in [0.1, 0.15) is 25.2 Å². The number of benzene rings is 2. The van der Waals surface area contributed by atoms with Crippen LogP contribution in [0.4, 0.5) is 13.2 Å². The summed E-state index contributed by atoms with van der Waals surface area (Å²) in [5.74, 6) is -1.56. The molecule has 164 valence electrons. The SMILES string of the molecule is CC1C[NH+](Cc2c(O)ccc3c(=O)c(-c4ccccc4)c(C(F)(F)F)oc23)CC(C)O1. The lowest BCUT2D eigenvalue weighted by Gasteiger charge is -2.32. The molecule has 2 unspecified atom stereocenters. The number of halogens is 3. The Balaban J connectivity index is 1.92. The predicted molar refractivity (Wildman–Crippen MR) is 109 cm³/mol. The molecule has 0 aliphatic carbocycles. The molecule has 31 heavy (non-hydrogen) atoms. The van der Waals surface area contributed by atoms with E-state index in [9.17, 15) is 23.1 Å². The van der Waals surface area contributed by atoms with Crippen LogP contribution in [0.2, 0.25) is 0 Å². The summed E-state index contributed by atoms with van der Waals surface area (Å²) in [6.07, 6.45) is -4.94. The molecule has 1 aliphatic rings. The Kier molecular flexibility index (Phi) is 5.53. The molecule has 1 saturated heterocycles. The molecule has 2 atom stereocenters. The van der Waals surface area contributed by atoms with Gasteiger partial charge in [0.15, 0.2) is 5.58 Å². The number of fused-ring (bicyclic) bond motifs is 1. The summed E-state index contributed by atoms with van der Waals surface area (Å²) in [6.45, 7) is 5.31. The molecule has 0 saturated carbocycles. The Morgan fingerprint density at radius 3 is 2.32 bits per heavy atom. The third kappa shape index (κ3) is 4.18. The largest absolute Gasteiger partial charge is 0.507 e. The maximum Gasteiger partial charge on any atom is 0.450 e. The number of morpholine rings is 1.